The summed E-state index contributed by atoms with van der Waals surface area (Å²) in [5.74, 6) is -0.0631. The van der Waals surface area contributed by atoms with E-state index in [1.165, 1.54) is 0 Å². The number of nitrogens with one attached hydrogen (secondary N) is 1. The molecule has 0 saturated heterocycles. The van der Waals surface area contributed by atoms with Gasteiger partial charge in [-0.3, -0.25) is 4.79 Å². The molecule has 11 heavy (non-hydrogen) atoms. The van der Waals surface area contributed by atoms with Crippen molar-refractivity contribution in [2.24, 2.45) is 5.73 Å². The van der Waals surface area contributed by atoms with Gasteiger partial charge < -0.3 is 11.1 Å². The highest BCUT2D eigenvalue weighted by molar-refractivity contribution is 5.93. The van der Waals surface area contributed by atoms with Gasteiger partial charge in [0.2, 0.25) is 5.91 Å². The van der Waals surface area contributed by atoms with Crippen LogP contribution in [0.5, 0.6) is 0 Å². The first kappa shape index (κ1) is 10.0. The second kappa shape index (κ2) is 4.77. The van der Waals surface area contributed by atoms with E-state index in [1.807, 2.05) is 6.92 Å². The average molecular weight is 156 g/mol. The molecule has 0 spiro atoms. The smallest absolute Gasteiger partial charge is 0.248 e. The van der Waals surface area contributed by atoms with Crippen LogP contribution in [0.15, 0.2) is 11.3 Å². The fourth-order valence-corrected chi connectivity index (χ4v) is 0.550. The molecule has 0 aliphatic rings. The fourth-order valence-electron chi connectivity index (χ4n) is 0.550. The Morgan fingerprint density at radius 1 is 1.45 bits per heavy atom. The quantitative estimate of drug-likeness (QED) is 0.593. The number of carbonyl (C=O) groups is 1. The largest absolute Gasteiger partial charge is 0.402 e. The molecular weight excluding hydrogens is 140 g/mol. The fraction of sp³-hybridized carbons (Fsp3) is 0.625. The van der Waals surface area contributed by atoms with E-state index in [0.717, 1.165) is 6.42 Å². The molecule has 0 atom stereocenters. The molecule has 3 heteroatoms. The lowest BCUT2D eigenvalue weighted by Crippen LogP contribution is -2.26. The van der Waals surface area contributed by atoms with Gasteiger partial charge in [-0.05, 0) is 20.3 Å². The summed E-state index contributed by atoms with van der Waals surface area (Å²) < 4.78 is 0. The van der Waals surface area contributed by atoms with E-state index in [2.05, 4.69) is 5.32 Å². The van der Waals surface area contributed by atoms with E-state index in [9.17, 15) is 4.79 Å². The maximum atomic E-state index is 11.1. The van der Waals surface area contributed by atoms with E-state index in [-0.39, 0.29) is 5.91 Å². The molecule has 0 radical (unpaired) electrons. The van der Waals surface area contributed by atoms with Crippen LogP contribution in [-0.2, 0) is 4.79 Å². The number of amides is 1. The van der Waals surface area contributed by atoms with Crippen molar-refractivity contribution < 1.29 is 4.79 Å². The Labute approximate surface area is 67.7 Å². The highest BCUT2D eigenvalue weighted by atomic mass is 16.1. The SMILES string of the molecule is CCCNC(=O)C(C)=C(C)N. The van der Waals surface area contributed by atoms with Crippen molar-refractivity contribution in [3.63, 3.8) is 0 Å². The summed E-state index contributed by atoms with van der Waals surface area (Å²) in [6.45, 7) is 6.17. The van der Waals surface area contributed by atoms with Crippen molar-refractivity contribution >= 4 is 5.91 Å². The summed E-state index contributed by atoms with van der Waals surface area (Å²) in [4.78, 5) is 11.1. The maximum Gasteiger partial charge on any atom is 0.248 e. The van der Waals surface area contributed by atoms with Crippen molar-refractivity contribution in [1.82, 2.24) is 5.32 Å². The zero-order chi connectivity index (χ0) is 8.85. The van der Waals surface area contributed by atoms with E-state index in [1.54, 1.807) is 13.8 Å². The maximum absolute atomic E-state index is 11.1. The molecule has 0 rings (SSSR count). The van der Waals surface area contributed by atoms with Gasteiger partial charge in [-0.2, -0.15) is 0 Å². The first-order valence-electron chi connectivity index (χ1n) is 3.80. The van der Waals surface area contributed by atoms with E-state index >= 15 is 0 Å². The molecule has 0 aromatic rings. The monoisotopic (exact) mass is 156 g/mol. The molecule has 0 aliphatic heterocycles. The van der Waals surface area contributed by atoms with Crippen LogP contribution in [0.3, 0.4) is 0 Å². The second-order valence-electron chi connectivity index (χ2n) is 2.56. The van der Waals surface area contributed by atoms with Crippen molar-refractivity contribution in [2.45, 2.75) is 27.2 Å². The first-order chi connectivity index (χ1) is 5.09. The van der Waals surface area contributed by atoms with Crippen LogP contribution < -0.4 is 11.1 Å². The molecule has 64 valence electrons. The van der Waals surface area contributed by atoms with Gasteiger partial charge >= 0.3 is 0 Å². The predicted octanol–water partition coefficient (Wildman–Crippen LogP) is 0.765. The topological polar surface area (TPSA) is 55.1 Å². The van der Waals surface area contributed by atoms with Crippen molar-refractivity contribution in [3.05, 3.63) is 11.3 Å². The number of carbonyl (C=O) groups excluding carboxylic acids is 1. The van der Waals surface area contributed by atoms with E-state index in [0.29, 0.717) is 17.8 Å². The minimum Gasteiger partial charge on any atom is -0.402 e. The third kappa shape index (κ3) is 3.65. The normalized spacial score (nSPS) is 12.3. The number of allylic oxidation sites excluding steroid dienone is 1. The average Bonchev–Trinajstić information content (AvgIpc) is 1.98. The summed E-state index contributed by atoms with van der Waals surface area (Å²) in [7, 11) is 0. The van der Waals surface area contributed by atoms with Crippen molar-refractivity contribution in [2.75, 3.05) is 6.54 Å². The van der Waals surface area contributed by atoms with Crippen LogP contribution in [0.4, 0.5) is 0 Å². The summed E-state index contributed by atoms with van der Waals surface area (Å²) in [5.41, 5.74) is 6.62. The van der Waals surface area contributed by atoms with Gasteiger partial charge in [0.05, 0.1) is 0 Å². The van der Waals surface area contributed by atoms with Gasteiger partial charge in [0.25, 0.3) is 0 Å². The minimum atomic E-state index is -0.0631. The number of hydrogen-bond acceptors (Lipinski definition) is 2. The van der Waals surface area contributed by atoms with Crippen LogP contribution in [0, 0.1) is 0 Å². The molecule has 3 nitrogen and oxygen atoms in total. The third-order valence-corrected chi connectivity index (χ3v) is 1.47. The molecule has 3 N–H and O–H groups in total. The Balaban J connectivity index is 3.95. The molecule has 0 bridgehead atoms. The van der Waals surface area contributed by atoms with Crippen molar-refractivity contribution in [3.8, 4) is 0 Å². The molecule has 0 saturated carbocycles. The van der Waals surface area contributed by atoms with Crippen LogP contribution in [0.2, 0.25) is 0 Å². The summed E-state index contributed by atoms with van der Waals surface area (Å²) in [6.07, 6.45) is 0.947. The summed E-state index contributed by atoms with van der Waals surface area (Å²) in [6, 6.07) is 0. The number of nitrogens with two attached hydrogens (primary N) is 1. The Kier molecular flexibility index (Phi) is 4.34. The van der Waals surface area contributed by atoms with Gasteiger partial charge in [0, 0.05) is 17.8 Å². The van der Waals surface area contributed by atoms with Crippen molar-refractivity contribution in [1.29, 1.82) is 0 Å². The lowest BCUT2D eigenvalue weighted by Gasteiger charge is -2.04. The molecule has 0 aliphatic carbocycles. The molecule has 1 amide bonds. The Bertz CT molecular complexity index is 169. The predicted molar refractivity (Wildman–Crippen MR) is 45.9 cm³/mol. The molecule has 0 fully saturated rings. The third-order valence-electron chi connectivity index (χ3n) is 1.47. The molecule has 0 aromatic heterocycles. The first-order valence-corrected chi connectivity index (χ1v) is 3.80. The minimum absolute atomic E-state index is 0.0631. The van der Waals surface area contributed by atoms with Crippen LogP contribution >= 0.6 is 0 Å². The second-order valence-corrected chi connectivity index (χ2v) is 2.56. The van der Waals surface area contributed by atoms with Gasteiger partial charge in [0.15, 0.2) is 0 Å². The highest BCUT2D eigenvalue weighted by Gasteiger charge is 2.03. The van der Waals surface area contributed by atoms with Crippen LogP contribution in [0.25, 0.3) is 0 Å². The Morgan fingerprint density at radius 2 is 2.00 bits per heavy atom. The van der Waals surface area contributed by atoms with E-state index < -0.39 is 0 Å². The lowest BCUT2D eigenvalue weighted by atomic mass is 10.2. The molecular formula is C8H16N2O. The number of hydrogen-bond donors (Lipinski definition) is 2. The van der Waals surface area contributed by atoms with Gasteiger partial charge in [-0.1, -0.05) is 6.92 Å². The zero-order valence-electron chi connectivity index (χ0n) is 7.40. The highest BCUT2D eigenvalue weighted by Crippen LogP contribution is 1.95. The van der Waals surface area contributed by atoms with Gasteiger partial charge in [-0.25, -0.2) is 0 Å². The van der Waals surface area contributed by atoms with Gasteiger partial charge in [-0.15, -0.1) is 0 Å². The summed E-state index contributed by atoms with van der Waals surface area (Å²) >= 11 is 0. The molecule has 0 heterocycles. The summed E-state index contributed by atoms with van der Waals surface area (Å²) in [5, 5.41) is 2.74. The zero-order valence-corrected chi connectivity index (χ0v) is 7.40. The molecule has 0 aromatic carbocycles. The number of rotatable bonds is 3. The van der Waals surface area contributed by atoms with E-state index in [4.69, 9.17) is 5.73 Å². The Hall–Kier alpha value is -0.990. The van der Waals surface area contributed by atoms with Gasteiger partial charge in [0.1, 0.15) is 0 Å². The lowest BCUT2D eigenvalue weighted by molar-refractivity contribution is -0.117. The van der Waals surface area contributed by atoms with Crippen LogP contribution in [-0.4, -0.2) is 12.5 Å². The van der Waals surface area contributed by atoms with Crippen LogP contribution in [0.1, 0.15) is 27.2 Å². The standard InChI is InChI=1S/C8H16N2O/c1-4-5-10-8(11)6(2)7(3)9/h4-5,9H2,1-3H3,(H,10,11). The molecule has 0 unspecified atom stereocenters. The Morgan fingerprint density at radius 3 is 2.36 bits per heavy atom.